The maximum absolute atomic E-state index is 13.0. The fourth-order valence-electron chi connectivity index (χ4n) is 2.79. The van der Waals surface area contributed by atoms with E-state index in [1.807, 2.05) is 24.3 Å². The van der Waals surface area contributed by atoms with E-state index in [0.717, 1.165) is 29.7 Å². The molecule has 7 heteroatoms. The molecule has 150 valence electrons. The van der Waals surface area contributed by atoms with Gasteiger partial charge < -0.3 is 0 Å². The Bertz CT molecular complexity index is 830. The molecule has 0 saturated carbocycles. The number of alkyl halides is 3. The predicted molar refractivity (Wildman–Crippen MR) is 100 cm³/mol. The van der Waals surface area contributed by atoms with Crippen LogP contribution in [0.15, 0.2) is 48.5 Å². The van der Waals surface area contributed by atoms with Gasteiger partial charge in [-0.05, 0) is 42.5 Å². The fraction of sp³-hybridized carbons (Fsp3) is 0.333. The highest BCUT2D eigenvalue weighted by Crippen LogP contribution is 2.31. The maximum atomic E-state index is 13.0. The van der Waals surface area contributed by atoms with Crippen LogP contribution in [0.3, 0.4) is 0 Å². The van der Waals surface area contributed by atoms with Crippen LogP contribution >= 0.6 is 0 Å². The lowest BCUT2D eigenvalue weighted by molar-refractivity contribution is -0.137. The van der Waals surface area contributed by atoms with Gasteiger partial charge in [0.05, 0.1) is 17.0 Å². The van der Waals surface area contributed by atoms with Gasteiger partial charge in [0, 0.05) is 0 Å². The fourth-order valence-corrected chi connectivity index (χ4v) is 2.79. The second kappa shape index (κ2) is 8.91. The Morgan fingerprint density at radius 3 is 2.11 bits per heavy atom. The Morgan fingerprint density at radius 1 is 0.929 bits per heavy atom. The molecule has 0 heterocycles. The average Bonchev–Trinajstić information content (AvgIpc) is 2.64. The van der Waals surface area contributed by atoms with Crippen LogP contribution in [0.5, 0.6) is 0 Å². The van der Waals surface area contributed by atoms with E-state index in [4.69, 9.17) is 0 Å². The second-order valence-electron chi connectivity index (χ2n) is 7.05. The number of amides is 2. The number of hydrogen-bond donors (Lipinski definition) is 2. The number of rotatable bonds is 5. The largest absolute Gasteiger partial charge is 0.417 e. The Morgan fingerprint density at radius 2 is 1.54 bits per heavy atom. The molecule has 2 aromatic rings. The number of hydrogen-bond acceptors (Lipinski definition) is 2. The molecule has 28 heavy (non-hydrogen) atoms. The van der Waals surface area contributed by atoms with Gasteiger partial charge in [0.2, 0.25) is 5.91 Å². The van der Waals surface area contributed by atoms with E-state index in [9.17, 15) is 22.8 Å². The second-order valence-corrected chi connectivity index (χ2v) is 7.05. The lowest BCUT2D eigenvalue weighted by atomic mass is 9.96. The van der Waals surface area contributed by atoms with Crippen molar-refractivity contribution in [2.24, 2.45) is 5.92 Å². The highest BCUT2D eigenvalue weighted by molar-refractivity contribution is 5.97. The van der Waals surface area contributed by atoms with Gasteiger partial charge >= 0.3 is 6.18 Å². The summed E-state index contributed by atoms with van der Waals surface area (Å²) in [6.07, 6.45) is -3.74. The molecular weight excluding hydrogens is 369 g/mol. The van der Waals surface area contributed by atoms with Crippen LogP contribution in [0.4, 0.5) is 13.2 Å². The highest BCUT2D eigenvalue weighted by Gasteiger charge is 2.35. The molecule has 2 N–H and O–H groups in total. The molecule has 4 nitrogen and oxygen atoms in total. The molecule has 2 aromatic carbocycles. The molecule has 0 saturated heterocycles. The van der Waals surface area contributed by atoms with Gasteiger partial charge in [-0.3, -0.25) is 20.4 Å². The van der Waals surface area contributed by atoms with Crippen LogP contribution in [0.25, 0.3) is 0 Å². The smallest absolute Gasteiger partial charge is 0.273 e. The summed E-state index contributed by atoms with van der Waals surface area (Å²) in [6, 6.07) is 12.0. The minimum Gasteiger partial charge on any atom is -0.273 e. The minimum absolute atomic E-state index is 0.515. The van der Waals surface area contributed by atoms with Crippen molar-refractivity contribution in [2.75, 3.05) is 0 Å². The highest BCUT2D eigenvalue weighted by atomic mass is 19.4. The van der Waals surface area contributed by atoms with E-state index in [1.165, 1.54) is 12.1 Å². The van der Waals surface area contributed by atoms with Crippen molar-refractivity contribution in [1.82, 2.24) is 10.9 Å². The maximum Gasteiger partial charge on any atom is 0.417 e. The number of hydrazine groups is 1. The monoisotopic (exact) mass is 392 g/mol. The third-order valence-corrected chi connectivity index (χ3v) is 4.29. The van der Waals surface area contributed by atoms with Gasteiger partial charge in [0.25, 0.3) is 5.91 Å². The lowest BCUT2D eigenvalue weighted by Crippen LogP contribution is -2.44. The molecule has 0 spiro atoms. The number of carbonyl (C=O) groups is 2. The van der Waals surface area contributed by atoms with Gasteiger partial charge in [-0.25, -0.2) is 0 Å². The molecule has 1 atom stereocenters. The number of carbonyl (C=O) groups excluding carboxylic acids is 2. The molecule has 0 aromatic heterocycles. The zero-order valence-electron chi connectivity index (χ0n) is 15.9. The quantitative estimate of drug-likeness (QED) is 0.738. The summed E-state index contributed by atoms with van der Waals surface area (Å²) in [6.45, 7) is 5.88. The summed E-state index contributed by atoms with van der Waals surface area (Å²) >= 11 is 0. The Balaban J connectivity index is 2.01. The molecule has 2 amide bonds. The van der Waals surface area contributed by atoms with E-state index in [-0.39, 0.29) is 0 Å². The van der Waals surface area contributed by atoms with Crippen LogP contribution in [0.1, 0.15) is 53.7 Å². The van der Waals surface area contributed by atoms with E-state index >= 15 is 0 Å². The van der Waals surface area contributed by atoms with Crippen molar-refractivity contribution in [3.8, 4) is 0 Å². The third-order valence-electron chi connectivity index (χ3n) is 4.29. The summed E-state index contributed by atoms with van der Waals surface area (Å²) in [5.41, 5.74) is 4.55. The summed E-state index contributed by atoms with van der Waals surface area (Å²) in [7, 11) is 0. The molecule has 0 radical (unpaired) electrons. The van der Waals surface area contributed by atoms with Crippen LogP contribution in [0.2, 0.25) is 0 Å². The first kappa shape index (κ1) is 21.5. The van der Waals surface area contributed by atoms with Crippen molar-refractivity contribution in [2.45, 2.75) is 39.3 Å². The minimum atomic E-state index is -4.66. The number of benzene rings is 2. The first-order chi connectivity index (χ1) is 13.1. The van der Waals surface area contributed by atoms with E-state index in [2.05, 4.69) is 24.7 Å². The number of halogens is 3. The first-order valence-corrected chi connectivity index (χ1v) is 8.95. The molecule has 0 bridgehead atoms. The third kappa shape index (κ3) is 5.58. The van der Waals surface area contributed by atoms with Crippen molar-refractivity contribution in [3.05, 3.63) is 70.8 Å². The van der Waals surface area contributed by atoms with Gasteiger partial charge in [0.15, 0.2) is 0 Å². The summed E-state index contributed by atoms with van der Waals surface area (Å²) < 4.78 is 39.0. The van der Waals surface area contributed by atoms with Crippen LogP contribution in [-0.4, -0.2) is 11.8 Å². The van der Waals surface area contributed by atoms with Gasteiger partial charge in [-0.2, -0.15) is 13.2 Å². The molecule has 0 aliphatic rings. The van der Waals surface area contributed by atoms with E-state index in [1.54, 1.807) is 6.92 Å². The Kier molecular flexibility index (Phi) is 6.83. The van der Waals surface area contributed by atoms with Gasteiger partial charge in [-0.15, -0.1) is 0 Å². The van der Waals surface area contributed by atoms with Crippen molar-refractivity contribution in [1.29, 1.82) is 0 Å². The standard InChI is InChI=1S/C21H23F3N2O2/c1-13(2)12-15-8-10-16(11-9-15)14(3)19(27)25-26-20(28)17-6-4-5-7-18(17)21(22,23)24/h4-11,13-14H,12H2,1-3H3,(H,25,27)(H,26,28). The topological polar surface area (TPSA) is 58.2 Å². The zero-order chi connectivity index (χ0) is 20.9. The summed E-state index contributed by atoms with van der Waals surface area (Å²) in [5, 5.41) is 0. The first-order valence-electron chi connectivity index (χ1n) is 8.95. The van der Waals surface area contributed by atoms with Crippen LogP contribution in [-0.2, 0) is 17.4 Å². The Labute approximate surface area is 162 Å². The van der Waals surface area contributed by atoms with Gasteiger partial charge in [0.1, 0.15) is 0 Å². The van der Waals surface area contributed by atoms with E-state index in [0.29, 0.717) is 5.92 Å². The number of nitrogens with one attached hydrogen (secondary N) is 2. The Hall–Kier alpha value is -2.83. The van der Waals surface area contributed by atoms with E-state index < -0.39 is 35.0 Å². The molecule has 0 aliphatic carbocycles. The lowest BCUT2D eigenvalue weighted by Gasteiger charge is -2.16. The molecule has 0 fully saturated rings. The zero-order valence-corrected chi connectivity index (χ0v) is 15.9. The van der Waals surface area contributed by atoms with Crippen molar-refractivity contribution >= 4 is 11.8 Å². The predicted octanol–water partition coefficient (Wildman–Crippen LogP) is 4.47. The van der Waals surface area contributed by atoms with Crippen LogP contribution in [0, 0.1) is 5.92 Å². The summed E-state index contributed by atoms with van der Waals surface area (Å²) in [5.74, 6) is -1.61. The molecule has 0 aliphatic heterocycles. The van der Waals surface area contributed by atoms with Crippen molar-refractivity contribution in [3.63, 3.8) is 0 Å². The van der Waals surface area contributed by atoms with Crippen LogP contribution < -0.4 is 10.9 Å². The molecule has 2 rings (SSSR count). The SMILES string of the molecule is CC(C)Cc1ccc(C(C)C(=O)NNC(=O)c2ccccc2C(F)(F)F)cc1. The normalized spacial score (nSPS) is 12.5. The molecule has 1 unspecified atom stereocenters. The summed E-state index contributed by atoms with van der Waals surface area (Å²) in [4.78, 5) is 24.4. The van der Waals surface area contributed by atoms with Gasteiger partial charge in [-0.1, -0.05) is 50.2 Å². The molecular formula is C21H23F3N2O2. The average molecular weight is 392 g/mol. The van der Waals surface area contributed by atoms with Crippen molar-refractivity contribution < 1.29 is 22.8 Å².